The van der Waals surface area contributed by atoms with Crippen LogP contribution in [0.2, 0.25) is 0 Å². The predicted octanol–water partition coefficient (Wildman–Crippen LogP) is 6.00. The summed E-state index contributed by atoms with van der Waals surface area (Å²) in [5.74, 6) is 2.90. The van der Waals surface area contributed by atoms with Crippen molar-refractivity contribution in [3.8, 4) is 0 Å². The minimum atomic E-state index is -0.440. The second-order valence-electron chi connectivity index (χ2n) is 10.8. The van der Waals surface area contributed by atoms with Gasteiger partial charge in [0.05, 0.1) is 0 Å². The highest BCUT2D eigenvalue weighted by atomic mass is 16.7. The highest BCUT2D eigenvalue weighted by Gasteiger charge is 2.59. The van der Waals surface area contributed by atoms with Crippen LogP contribution in [0.1, 0.15) is 91.9 Å². The SMILES string of the molecule is CC(=O)OC(=C[C@H]1CC[C@H]2[C@@H]3CCC4CCCC[C@]4(C)[C@H]3CC[C@]12C)OC(C)=O. The molecule has 0 aliphatic heterocycles. The van der Waals surface area contributed by atoms with Gasteiger partial charge in [-0.2, -0.15) is 0 Å². The Balaban J connectivity index is 1.56. The molecule has 4 nitrogen and oxygen atoms in total. The van der Waals surface area contributed by atoms with E-state index in [-0.39, 0.29) is 11.4 Å². The number of carbonyl (C=O) groups excluding carboxylic acids is 2. The lowest BCUT2D eigenvalue weighted by Gasteiger charge is -2.60. The quantitative estimate of drug-likeness (QED) is 0.429. The third-order valence-electron chi connectivity index (χ3n) is 9.48. The molecule has 4 rings (SSSR count). The lowest BCUT2D eigenvalue weighted by molar-refractivity contribution is -0.151. The van der Waals surface area contributed by atoms with Gasteiger partial charge in [0.1, 0.15) is 0 Å². The van der Waals surface area contributed by atoms with Crippen molar-refractivity contribution in [1.29, 1.82) is 0 Å². The third kappa shape index (κ3) is 3.65. The van der Waals surface area contributed by atoms with Gasteiger partial charge in [-0.15, -0.1) is 0 Å². The average Bonchev–Trinajstić information content (AvgIpc) is 2.96. The van der Waals surface area contributed by atoms with Crippen LogP contribution >= 0.6 is 0 Å². The minimum absolute atomic E-state index is 0.0851. The van der Waals surface area contributed by atoms with Crippen molar-refractivity contribution < 1.29 is 19.1 Å². The van der Waals surface area contributed by atoms with Gasteiger partial charge in [0.2, 0.25) is 0 Å². The summed E-state index contributed by atoms with van der Waals surface area (Å²) in [7, 11) is 0. The Labute approximate surface area is 175 Å². The van der Waals surface area contributed by atoms with Gasteiger partial charge in [-0.25, -0.2) is 0 Å². The van der Waals surface area contributed by atoms with Crippen LogP contribution in [0.3, 0.4) is 0 Å². The number of hydrogen-bond acceptors (Lipinski definition) is 4. The van der Waals surface area contributed by atoms with Gasteiger partial charge in [-0.3, -0.25) is 9.59 Å². The molecule has 0 aromatic heterocycles. The van der Waals surface area contributed by atoms with Crippen molar-refractivity contribution in [2.75, 3.05) is 0 Å². The largest absolute Gasteiger partial charge is 0.393 e. The van der Waals surface area contributed by atoms with Gasteiger partial charge in [0, 0.05) is 19.9 Å². The Morgan fingerprint density at radius 1 is 0.793 bits per heavy atom. The Morgan fingerprint density at radius 3 is 2.17 bits per heavy atom. The molecule has 0 amide bonds. The molecule has 162 valence electrons. The van der Waals surface area contributed by atoms with E-state index >= 15 is 0 Å². The fraction of sp³-hybridized carbons (Fsp3) is 0.840. The average molecular weight is 403 g/mol. The van der Waals surface area contributed by atoms with Gasteiger partial charge < -0.3 is 9.47 Å². The number of hydrogen-bond donors (Lipinski definition) is 0. The first kappa shape index (κ1) is 20.9. The lowest BCUT2D eigenvalue weighted by atomic mass is 9.45. The summed E-state index contributed by atoms with van der Waals surface area (Å²) in [6, 6.07) is 0. The summed E-state index contributed by atoms with van der Waals surface area (Å²) in [4.78, 5) is 22.9. The molecule has 7 atom stereocenters. The summed E-state index contributed by atoms with van der Waals surface area (Å²) in [5.41, 5.74) is 0.766. The summed E-state index contributed by atoms with van der Waals surface area (Å²) in [6.45, 7) is 7.76. The zero-order chi connectivity index (χ0) is 20.8. The van der Waals surface area contributed by atoms with Crippen LogP contribution in [0, 0.1) is 40.4 Å². The predicted molar refractivity (Wildman–Crippen MR) is 111 cm³/mol. The molecular formula is C25H38O4. The van der Waals surface area contributed by atoms with E-state index in [1.807, 2.05) is 6.08 Å². The molecule has 4 fully saturated rings. The van der Waals surface area contributed by atoms with E-state index in [1.165, 1.54) is 71.6 Å². The van der Waals surface area contributed by atoms with Crippen molar-refractivity contribution in [3.63, 3.8) is 0 Å². The molecule has 29 heavy (non-hydrogen) atoms. The first-order valence-corrected chi connectivity index (χ1v) is 11.8. The fourth-order valence-electron chi connectivity index (χ4n) is 8.15. The topological polar surface area (TPSA) is 52.6 Å². The van der Waals surface area contributed by atoms with Crippen molar-refractivity contribution in [2.45, 2.75) is 91.9 Å². The van der Waals surface area contributed by atoms with Crippen LogP contribution in [0.4, 0.5) is 0 Å². The molecule has 0 bridgehead atoms. The first-order chi connectivity index (χ1) is 13.7. The van der Waals surface area contributed by atoms with Gasteiger partial charge in [0.15, 0.2) is 0 Å². The second kappa shape index (κ2) is 7.74. The zero-order valence-electron chi connectivity index (χ0n) is 18.7. The highest BCUT2D eigenvalue weighted by Crippen LogP contribution is 2.67. The van der Waals surface area contributed by atoms with Crippen LogP contribution in [0.25, 0.3) is 0 Å². The second-order valence-corrected chi connectivity index (χ2v) is 10.8. The van der Waals surface area contributed by atoms with E-state index in [4.69, 9.17) is 9.47 Å². The van der Waals surface area contributed by atoms with E-state index < -0.39 is 11.9 Å². The Hall–Kier alpha value is -1.32. The molecule has 4 heteroatoms. The Kier molecular flexibility index (Phi) is 5.59. The van der Waals surface area contributed by atoms with E-state index in [0.717, 1.165) is 30.1 Å². The molecule has 0 saturated heterocycles. The van der Waals surface area contributed by atoms with E-state index in [2.05, 4.69) is 13.8 Å². The monoisotopic (exact) mass is 402 g/mol. The molecule has 4 saturated carbocycles. The highest BCUT2D eigenvalue weighted by molar-refractivity contribution is 5.69. The van der Waals surface area contributed by atoms with Crippen molar-refractivity contribution in [3.05, 3.63) is 12.0 Å². The molecule has 1 unspecified atom stereocenters. The zero-order valence-corrected chi connectivity index (χ0v) is 18.7. The molecule has 0 heterocycles. The fourth-order valence-corrected chi connectivity index (χ4v) is 8.15. The smallest absolute Gasteiger partial charge is 0.310 e. The number of rotatable bonds is 3. The number of ether oxygens (including phenoxy) is 2. The Morgan fingerprint density at radius 2 is 1.48 bits per heavy atom. The van der Waals surface area contributed by atoms with Gasteiger partial charge in [-0.1, -0.05) is 26.7 Å². The number of fused-ring (bicyclic) bond motifs is 5. The van der Waals surface area contributed by atoms with E-state index in [1.54, 1.807) is 0 Å². The standard InChI is InChI=1S/C25H38O4/c1-16(26)28-23(29-17(2)27)15-19-9-11-21-20-10-8-18-7-5-6-13-24(18,3)22(20)12-14-25(19,21)4/h15,18-22H,5-14H2,1-4H3/t18?,19-,20+,21+,22+,24+,25-/m1/s1. The van der Waals surface area contributed by atoms with Crippen LogP contribution in [-0.2, 0) is 19.1 Å². The van der Waals surface area contributed by atoms with E-state index in [0.29, 0.717) is 11.3 Å². The number of carbonyl (C=O) groups is 2. The maximum Gasteiger partial charge on any atom is 0.310 e. The van der Waals surface area contributed by atoms with Crippen LogP contribution in [-0.4, -0.2) is 11.9 Å². The Bertz CT molecular complexity index is 679. The third-order valence-corrected chi connectivity index (χ3v) is 9.48. The van der Waals surface area contributed by atoms with Crippen molar-refractivity contribution >= 4 is 11.9 Å². The number of esters is 2. The molecule has 4 aliphatic rings. The van der Waals surface area contributed by atoms with Gasteiger partial charge >= 0.3 is 11.9 Å². The molecule has 0 N–H and O–H groups in total. The summed E-state index contributed by atoms with van der Waals surface area (Å²) in [5, 5.41) is 0. The normalized spacial score (nSPS) is 43.4. The number of allylic oxidation sites excluding steroid dienone is 1. The van der Waals surface area contributed by atoms with Crippen molar-refractivity contribution in [2.24, 2.45) is 40.4 Å². The van der Waals surface area contributed by atoms with Crippen molar-refractivity contribution in [1.82, 2.24) is 0 Å². The van der Waals surface area contributed by atoms with Crippen LogP contribution in [0.5, 0.6) is 0 Å². The van der Waals surface area contributed by atoms with E-state index in [9.17, 15) is 9.59 Å². The van der Waals surface area contributed by atoms with Gasteiger partial charge in [-0.05, 0) is 91.8 Å². The molecular weight excluding hydrogens is 364 g/mol. The maximum atomic E-state index is 11.5. The summed E-state index contributed by atoms with van der Waals surface area (Å²) in [6.07, 6.45) is 15.4. The maximum absolute atomic E-state index is 11.5. The molecule has 0 aromatic carbocycles. The lowest BCUT2D eigenvalue weighted by Crippen LogP contribution is -2.52. The molecule has 4 aliphatic carbocycles. The summed E-state index contributed by atoms with van der Waals surface area (Å²) < 4.78 is 10.4. The van der Waals surface area contributed by atoms with Crippen LogP contribution in [0.15, 0.2) is 12.0 Å². The molecule has 0 radical (unpaired) electrons. The summed E-state index contributed by atoms with van der Waals surface area (Å²) >= 11 is 0. The molecule has 0 spiro atoms. The van der Waals surface area contributed by atoms with Crippen LogP contribution < -0.4 is 0 Å². The minimum Gasteiger partial charge on any atom is -0.393 e. The van der Waals surface area contributed by atoms with Gasteiger partial charge in [0.25, 0.3) is 5.95 Å². The molecule has 0 aromatic rings. The first-order valence-electron chi connectivity index (χ1n) is 11.8.